The second-order valence-corrected chi connectivity index (χ2v) is 4.73. The van der Waals surface area contributed by atoms with Gasteiger partial charge < -0.3 is 15.4 Å². The summed E-state index contributed by atoms with van der Waals surface area (Å²) < 4.78 is 0. The van der Waals surface area contributed by atoms with Crippen LogP contribution in [0.15, 0.2) is 10.9 Å². The lowest BCUT2D eigenvalue weighted by Crippen LogP contribution is -2.40. The molecule has 0 atom stereocenters. The van der Waals surface area contributed by atoms with E-state index in [9.17, 15) is 9.59 Å². The third-order valence-corrected chi connectivity index (χ3v) is 2.28. The van der Waals surface area contributed by atoms with Gasteiger partial charge in [0.2, 0.25) is 0 Å². The monoisotopic (exact) mass is 239 g/mol. The van der Waals surface area contributed by atoms with Crippen molar-refractivity contribution < 1.29 is 9.90 Å². The highest BCUT2D eigenvalue weighted by molar-refractivity contribution is 5.81. The van der Waals surface area contributed by atoms with Gasteiger partial charge in [-0.3, -0.25) is 4.79 Å². The average molecular weight is 239 g/mol. The third kappa shape index (κ3) is 3.30. The van der Waals surface area contributed by atoms with Crippen LogP contribution in [0.1, 0.15) is 39.4 Å². The molecular weight excluding hydrogens is 222 g/mol. The molecular formula is C11H17N3O3. The minimum atomic E-state index is -1.17. The molecule has 0 aliphatic rings. The summed E-state index contributed by atoms with van der Waals surface area (Å²) in [7, 11) is 0. The zero-order valence-electron chi connectivity index (χ0n) is 10.4. The van der Waals surface area contributed by atoms with E-state index in [0.29, 0.717) is 5.82 Å². The predicted octanol–water partition coefficient (Wildman–Crippen LogP) is 1.17. The smallest absolute Gasteiger partial charge is 0.328 e. The lowest BCUT2D eigenvalue weighted by Gasteiger charge is -2.21. The Morgan fingerprint density at radius 2 is 2.12 bits per heavy atom. The van der Waals surface area contributed by atoms with Gasteiger partial charge in [-0.2, -0.15) is 0 Å². The van der Waals surface area contributed by atoms with Crippen LogP contribution in [0.25, 0.3) is 0 Å². The fraction of sp³-hybridized carbons (Fsp3) is 0.545. The number of nitrogens with zero attached hydrogens (tertiary/aromatic N) is 1. The Labute approximate surface area is 99.1 Å². The average Bonchev–Trinajstić information content (AvgIpc) is 2.15. The summed E-state index contributed by atoms with van der Waals surface area (Å²) in [5.74, 6) is -0.144. The summed E-state index contributed by atoms with van der Waals surface area (Å²) in [5.41, 5.74) is -1.47. The molecule has 3 N–H and O–H groups in total. The number of anilines is 1. The Kier molecular flexibility index (Phi) is 3.55. The summed E-state index contributed by atoms with van der Waals surface area (Å²) >= 11 is 0. The number of nitrogens with one attached hydrogen (secondary N) is 2. The molecule has 1 aromatic heterocycles. The molecule has 0 radical (unpaired) electrons. The van der Waals surface area contributed by atoms with Crippen LogP contribution in [0.4, 0.5) is 5.82 Å². The van der Waals surface area contributed by atoms with Crippen LogP contribution >= 0.6 is 0 Å². The molecule has 0 saturated heterocycles. The van der Waals surface area contributed by atoms with E-state index in [1.807, 2.05) is 13.8 Å². The van der Waals surface area contributed by atoms with Crippen LogP contribution in [0.3, 0.4) is 0 Å². The SMILES string of the molecule is CC(C)c1nc(NC(C)(C)C(=O)O)cc(=O)[nH]1. The maximum Gasteiger partial charge on any atom is 0.328 e. The van der Waals surface area contributed by atoms with E-state index in [1.165, 1.54) is 19.9 Å². The van der Waals surface area contributed by atoms with Crippen molar-refractivity contribution in [1.82, 2.24) is 9.97 Å². The van der Waals surface area contributed by atoms with Gasteiger partial charge in [0.1, 0.15) is 17.2 Å². The number of rotatable bonds is 4. The van der Waals surface area contributed by atoms with Crippen molar-refractivity contribution in [2.75, 3.05) is 5.32 Å². The van der Waals surface area contributed by atoms with Crippen molar-refractivity contribution in [3.05, 3.63) is 22.2 Å². The number of aromatic amines is 1. The molecule has 17 heavy (non-hydrogen) atoms. The van der Waals surface area contributed by atoms with E-state index < -0.39 is 11.5 Å². The molecule has 1 rings (SSSR count). The Morgan fingerprint density at radius 1 is 1.53 bits per heavy atom. The molecule has 0 aromatic carbocycles. The number of aliphatic carboxylic acids is 1. The molecule has 0 saturated carbocycles. The molecule has 0 bridgehead atoms. The number of carboxylic acid groups (broad SMARTS) is 1. The number of carbonyl (C=O) groups is 1. The van der Waals surface area contributed by atoms with Crippen molar-refractivity contribution in [2.24, 2.45) is 0 Å². The third-order valence-electron chi connectivity index (χ3n) is 2.28. The molecule has 0 fully saturated rings. The van der Waals surface area contributed by atoms with Crippen molar-refractivity contribution >= 4 is 11.8 Å². The Balaban J connectivity index is 3.08. The molecule has 1 aromatic rings. The fourth-order valence-corrected chi connectivity index (χ4v) is 1.19. The lowest BCUT2D eigenvalue weighted by molar-refractivity contribution is -0.141. The highest BCUT2D eigenvalue weighted by Gasteiger charge is 2.27. The summed E-state index contributed by atoms with van der Waals surface area (Å²) in [6.07, 6.45) is 0. The van der Waals surface area contributed by atoms with Crippen LogP contribution in [0.2, 0.25) is 0 Å². The normalized spacial score (nSPS) is 11.6. The molecule has 94 valence electrons. The van der Waals surface area contributed by atoms with Crippen molar-refractivity contribution in [3.8, 4) is 0 Å². The van der Waals surface area contributed by atoms with Gasteiger partial charge in [0.05, 0.1) is 0 Å². The number of H-pyrrole nitrogens is 1. The van der Waals surface area contributed by atoms with Gasteiger partial charge in [-0.05, 0) is 13.8 Å². The summed E-state index contributed by atoms with van der Waals surface area (Å²) in [5, 5.41) is 11.7. The van der Waals surface area contributed by atoms with Crippen molar-refractivity contribution in [1.29, 1.82) is 0 Å². The van der Waals surface area contributed by atoms with E-state index in [1.54, 1.807) is 0 Å². The van der Waals surface area contributed by atoms with Crippen molar-refractivity contribution in [3.63, 3.8) is 0 Å². The number of carboxylic acids is 1. The van der Waals surface area contributed by atoms with Gasteiger partial charge in [-0.1, -0.05) is 13.8 Å². The predicted molar refractivity (Wildman–Crippen MR) is 64.3 cm³/mol. The zero-order chi connectivity index (χ0) is 13.2. The van der Waals surface area contributed by atoms with Crippen LogP contribution in [-0.4, -0.2) is 26.6 Å². The highest BCUT2D eigenvalue weighted by atomic mass is 16.4. The summed E-state index contributed by atoms with van der Waals surface area (Å²) in [4.78, 5) is 29.1. The minimum absolute atomic E-state index is 0.0670. The van der Waals surface area contributed by atoms with Crippen LogP contribution in [0, 0.1) is 0 Å². The van der Waals surface area contributed by atoms with E-state index >= 15 is 0 Å². The van der Waals surface area contributed by atoms with Gasteiger partial charge in [0.15, 0.2) is 0 Å². The Morgan fingerprint density at radius 3 is 2.59 bits per heavy atom. The molecule has 1 heterocycles. The first-order valence-corrected chi connectivity index (χ1v) is 5.35. The van der Waals surface area contributed by atoms with Gasteiger partial charge in [-0.15, -0.1) is 0 Å². The lowest BCUT2D eigenvalue weighted by atomic mass is 10.1. The maximum absolute atomic E-state index is 11.4. The second kappa shape index (κ2) is 4.57. The van der Waals surface area contributed by atoms with Crippen molar-refractivity contribution in [2.45, 2.75) is 39.2 Å². The van der Waals surface area contributed by atoms with E-state index in [-0.39, 0.29) is 17.3 Å². The fourth-order valence-electron chi connectivity index (χ4n) is 1.19. The molecule has 0 spiro atoms. The van der Waals surface area contributed by atoms with Gasteiger partial charge in [-0.25, -0.2) is 9.78 Å². The quantitative estimate of drug-likeness (QED) is 0.733. The number of aromatic nitrogens is 2. The largest absolute Gasteiger partial charge is 0.480 e. The summed E-state index contributed by atoms with van der Waals surface area (Å²) in [6, 6.07) is 1.25. The highest BCUT2D eigenvalue weighted by Crippen LogP contribution is 2.14. The number of hydrogen-bond acceptors (Lipinski definition) is 4. The Hall–Kier alpha value is -1.85. The molecule has 0 aliphatic heterocycles. The first-order chi connectivity index (χ1) is 7.72. The second-order valence-electron chi connectivity index (χ2n) is 4.73. The van der Waals surface area contributed by atoms with Crippen LogP contribution in [-0.2, 0) is 4.79 Å². The zero-order valence-corrected chi connectivity index (χ0v) is 10.4. The first-order valence-electron chi connectivity index (χ1n) is 5.35. The first kappa shape index (κ1) is 13.2. The molecule has 6 nitrogen and oxygen atoms in total. The molecule has 0 amide bonds. The van der Waals surface area contributed by atoms with Crippen LogP contribution < -0.4 is 10.9 Å². The van der Waals surface area contributed by atoms with Gasteiger partial charge in [0, 0.05) is 12.0 Å². The Bertz CT molecular complexity index is 477. The van der Waals surface area contributed by atoms with E-state index in [4.69, 9.17) is 5.11 Å². The molecule has 0 unspecified atom stereocenters. The van der Waals surface area contributed by atoms with E-state index in [2.05, 4.69) is 15.3 Å². The summed E-state index contributed by atoms with van der Waals surface area (Å²) in [6.45, 7) is 6.80. The van der Waals surface area contributed by atoms with Crippen LogP contribution in [0.5, 0.6) is 0 Å². The number of hydrogen-bond donors (Lipinski definition) is 3. The van der Waals surface area contributed by atoms with Gasteiger partial charge in [0.25, 0.3) is 5.56 Å². The topological polar surface area (TPSA) is 95.1 Å². The van der Waals surface area contributed by atoms with E-state index in [0.717, 1.165) is 0 Å². The van der Waals surface area contributed by atoms with Gasteiger partial charge >= 0.3 is 5.97 Å². The minimum Gasteiger partial charge on any atom is -0.480 e. The molecule has 0 aliphatic carbocycles. The molecule has 6 heteroatoms. The maximum atomic E-state index is 11.4. The standard InChI is InChI=1S/C11H17N3O3/c1-6(2)9-12-7(5-8(15)13-9)14-11(3,4)10(16)17/h5-6H,1-4H3,(H,16,17)(H2,12,13,14,15).